The molecule has 0 aromatic heterocycles. The van der Waals surface area contributed by atoms with Crippen LogP contribution in [0.2, 0.25) is 0 Å². The van der Waals surface area contributed by atoms with E-state index in [0.29, 0.717) is 0 Å². The molecule has 0 spiro atoms. The third-order valence-electron chi connectivity index (χ3n) is 3.50. The Kier molecular flexibility index (Phi) is 3.13. The van der Waals surface area contributed by atoms with Crippen molar-refractivity contribution < 1.29 is 4.74 Å². The lowest BCUT2D eigenvalue weighted by Crippen LogP contribution is -2.17. The van der Waals surface area contributed by atoms with Crippen LogP contribution in [-0.4, -0.2) is 7.05 Å². The van der Waals surface area contributed by atoms with Crippen LogP contribution in [0.5, 0.6) is 0 Å². The Hall–Kier alpha value is -1.64. The van der Waals surface area contributed by atoms with E-state index in [1.165, 1.54) is 22.3 Å². The van der Waals surface area contributed by atoms with Gasteiger partial charge in [0.2, 0.25) is 0 Å². The maximum atomic E-state index is 5.47. The van der Waals surface area contributed by atoms with E-state index < -0.39 is 0 Å². The lowest BCUT2D eigenvalue weighted by Gasteiger charge is -2.18. The van der Waals surface area contributed by atoms with E-state index in [0.717, 1.165) is 13.2 Å². The van der Waals surface area contributed by atoms with Crippen molar-refractivity contribution in [2.45, 2.75) is 19.3 Å². The van der Waals surface area contributed by atoms with E-state index in [9.17, 15) is 0 Å². The van der Waals surface area contributed by atoms with Gasteiger partial charge in [-0.1, -0.05) is 48.5 Å². The Morgan fingerprint density at radius 2 is 1.72 bits per heavy atom. The van der Waals surface area contributed by atoms with Gasteiger partial charge in [-0.2, -0.15) is 0 Å². The van der Waals surface area contributed by atoms with Crippen molar-refractivity contribution in [1.29, 1.82) is 0 Å². The summed E-state index contributed by atoms with van der Waals surface area (Å²) in [6.45, 7) is 1.50. The van der Waals surface area contributed by atoms with E-state index in [1.54, 1.807) is 0 Å². The van der Waals surface area contributed by atoms with Crippen LogP contribution in [0, 0.1) is 0 Å². The van der Waals surface area contributed by atoms with Gasteiger partial charge < -0.3 is 10.1 Å². The fraction of sp³-hybridized carbons (Fsp3) is 0.250. The molecule has 1 N–H and O–H groups in total. The van der Waals surface area contributed by atoms with E-state index in [4.69, 9.17) is 4.74 Å². The average Bonchev–Trinajstić information content (AvgIpc) is 2.88. The SMILES string of the molecule is CNC(c1ccccc1)c1ccc2c(c1)COC2. The van der Waals surface area contributed by atoms with Crippen molar-refractivity contribution in [1.82, 2.24) is 5.32 Å². The van der Waals surface area contributed by atoms with Gasteiger partial charge in [-0.3, -0.25) is 0 Å². The first kappa shape index (κ1) is 11.5. The molecule has 1 aliphatic heterocycles. The van der Waals surface area contributed by atoms with Gasteiger partial charge in [0, 0.05) is 0 Å². The van der Waals surface area contributed by atoms with Crippen molar-refractivity contribution in [2.24, 2.45) is 0 Å². The molecule has 2 aromatic rings. The highest BCUT2D eigenvalue weighted by Gasteiger charge is 2.16. The lowest BCUT2D eigenvalue weighted by atomic mass is 9.96. The Labute approximate surface area is 108 Å². The second-order valence-corrected chi connectivity index (χ2v) is 4.65. The molecular formula is C16H17NO. The molecule has 0 saturated heterocycles. The fourth-order valence-electron chi connectivity index (χ4n) is 2.54. The molecule has 2 heteroatoms. The number of nitrogens with one attached hydrogen (secondary N) is 1. The largest absolute Gasteiger partial charge is 0.372 e. The van der Waals surface area contributed by atoms with Gasteiger partial charge >= 0.3 is 0 Å². The highest BCUT2D eigenvalue weighted by atomic mass is 16.5. The van der Waals surface area contributed by atoms with E-state index in [2.05, 4.69) is 47.8 Å². The van der Waals surface area contributed by atoms with Crippen molar-refractivity contribution in [3.05, 3.63) is 70.8 Å². The first-order chi connectivity index (χ1) is 8.88. The monoisotopic (exact) mass is 239 g/mol. The predicted octanol–water partition coefficient (Wildman–Crippen LogP) is 3.03. The van der Waals surface area contributed by atoms with Crippen LogP contribution in [0.3, 0.4) is 0 Å². The molecule has 2 aromatic carbocycles. The molecular weight excluding hydrogens is 222 g/mol. The topological polar surface area (TPSA) is 21.3 Å². The number of fused-ring (bicyclic) bond motifs is 1. The van der Waals surface area contributed by atoms with Gasteiger partial charge in [-0.05, 0) is 29.3 Å². The zero-order valence-electron chi connectivity index (χ0n) is 10.5. The van der Waals surface area contributed by atoms with Gasteiger partial charge in [0.05, 0.1) is 19.3 Å². The third kappa shape index (κ3) is 2.05. The summed E-state index contributed by atoms with van der Waals surface area (Å²) < 4.78 is 5.47. The smallest absolute Gasteiger partial charge is 0.0725 e. The van der Waals surface area contributed by atoms with Crippen LogP contribution >= 0.6 is 0 Å². The second-order valence-electron chi connectivity index (χ2n) is 4.65. The Balaban J connectivity index is 1.97. The van der Waals surface area contributed by atoms with Crippen molar-refractivity contribution >= 4 is 0 Å². The van der Waals surface area contributed by atoms with Crippen LogP contribution in [-0.2, 0) is 18.0 Å². The van der Waals surface area contributed by atoms with Crippen LogP contribution < -0.4 is 5.32 Å². The maximum absolute atomic E-state index is 5.47. The lowest BCUT2D eigenvalue weighted by molar-refractivity contribution is 0.134. The predicted molar refractivity (Wildman–Crippen MR) is 72.3 cm³/mol. The van der Waals surface area contributed by atoms with Gasteiger partial charge in [0.15, 0.2) is 0 Å². The molecule has 92 valence electrons. The molecule has 0 amide bonds. The van der Waals surface area contributed by atoms with E-state index in [-0.39, 0.29) is 6.04 Å². The molecule has 1 atom stereocenters. The Morgan fingerprint density at radius 3 is 2.50 bits per heavy atom. The summed E-state index contributed by atoms with van der Waals surface area (Å²) in [5.41, 5.74) is 5.23. The highest BCUT2D eigenvalue weighted by Crippen LogP contribution is 2.27. The molecule has 2 nitrogen and oxygen atoms in total. The standard InChI is InChI=1S/C16H17NO/c1-17-16(12-5-3-2-4-6-12)13-7-8-14-10-18-11-15(14)9-13/h2-9,16-17H,10-11H2,1H3. The average molecular weight is 239 g/mol. The van der Waals surface area contributed by atoms with Crippen molar-refractivity contribution in [2.75, 3.05) is 7.05 Å². The molecule has 1 aliphatic rings. The summed E-state index contributed by atoms with van der Waals surface area (Å²) in [5, 5.41) is 3.38. The summed E-state index contributed by atoms with van der Waals surface area (Å²) in [6.07, 6.45) is 0. The number of ether oxygens (including phenoxy) is 1. The Bertz CT molecular complexity index is 536. The minimum atomic E-state index is 0.247. The van der Waals surface area contributed by atoms with Crippen LogP contribution in [0.4, 0.5) is 0 Å². The van der Waals surface area contributed by atoms with Gasteiger partial charge in [-0.15, -0.1) is 0 Å². The highest BCUT2D eigenvalue weighted by molar-refractivity contribution is 5.38. The minimum Gasteiger partial charge on any atom is -0.372 e. The number of rotatable bonds is 3. The first-order valence-electron chi connectivity index (χ1n) is 6.30. The van der Waals surface area contributed by atoms with Gasteiger partial charge in [0.25, 0.3) is 0 Å². The number of benzene rings is 2. The maximum Gasteiger partial charge on any atom is 0.0725 e. The molecule has 1 heterocycles. The molecule has 0 fully saturated rings. The van der Waals surface area contributed by atoms with Gasteiger partial charge in [0.1, 0.15) is 0 Å². The summed E-state index contributed by atoms with van der Waals surface area (Å²) in [6, 6.07) is 17.4. The van der Waals surface area contributed by atoms with E-state index in [1.807, 2.05) is 13.1 Å². The first-order valence-corrected chi connectivity index (χ1v) is 6.30. The summed E-state index contributed by atoms with van der Waals surface area (Å²) in [4.78, 5) is 0. The number of hydrogen-bond acceptors (Lipinski definition) is 2. The van der Waals surface area contributed by atoms with Crippen LogP contribution in [0.15, 0.2) is 48.5 Å². The molecule has 18 heavy (non-hydrogen) atoms. The summed E-state index contributed by atoms with van der Waals surface area (Å²) >= 11 is 0. The number of hydrogen-bond donors (Lipinski definition) is 1. The molecule has 3 rings (SSSR count). The fourth-order valence-corrected chi connectivity index (χ4v) is 2.54. The quantitative estimate of drug-likeness (QED) is 0.889. The van der Waals surface area contributed by atoms with E-state index >= 15 is 0 Å². The normalized spacial score (nSPS) is 15.4. The Morgan fingerprint density at radius 1 is 0.944 bits per heavy atom. The molecule has 0 aliphatic carbocycles. The molecule has 0 saturated carbocycles. The zero-order chi connectivity index (χ0) is 12.4. The van der Waals surface area contributed by atoms with Crippen LogP contribution in [0.25, 0.3) is 0 Å². The van der Waals surface area contributed by atoms with Gasteiger partial charge in [-0.25, -0.2) is 0 Å². The summed E-state index contributed by atoms with van der Waals surface area (Å²) in [7, 11) is 2.00. The second kappa shape index (κ2) is 4.92. The molecule has 1 unspecified atom stereocenters. The minimum absolute atomic E-state index is 0.247. The van der Waals surface area contributed by atoms with Crippen LogP contribution in [0.1, 0.15) is 28.3 Å². The summed E-state index contributed by atoms with van der Waals surface area (Å²) in [5.74, 6) is 0. The van der Waals surface area contributed by atoms with Crippen molar-refractivity contribution in [3.8, 4) is 0 Å². The third-order valence-corrected chi connectivity index (χ3v) is 3.50. The molecule has 0 bridgehead atoms. The van der Waals surface area contributed by atoms with Crippen molar-refractivity contribution in [3.63, 3.8) is 0 Å². The molecule has 0 radical (unpaired) electrons. The zero-order valence-corrected chi connectivity index (χ0v) is 10.5.